The van der Waals surface area contributed by atoms with Crippen molar-refractivity contribution < 1.29 is 13.5 Å². The molecule has 0 saturated carbocycles. The van der Waals surface area contributed by atoms with E-state index in [9.17, 15) is 13.5 Å². The molecular formula is C25H27N3O3S. The summed E-state index contributed by atoms with van der Waals surface area (Å²) >= 11 is 0. The van der Waals surface area contributed by atoms with Gasteiger partial charge in [0.1, 0.15) is 21.6 Å². The van der Waals surface area contributed by atoms with Gasteiger partial charge in [-0.05, 0) is 59.7 Å². The van der Waals surface area contributed by atoms with E-state index in [1.165, 1.54) is 16.9 Å². The topological polar surface area (TPSA) is 85.1 Å². The third-order valence-electron chi connectivity index (χ3n) is 5.60. The molecule has 1 N–H and O–H groups in total. The maximum atomic E-state index is 13.5. The number of benzene rings is 3. The van der Waals surface area contributed by atoms with E-state index in [0.29, 0.717) is 17.0 Å². The molecule has 4 aromatic rings. The van der Waals surface area contributed by atoms with E-state index in [1.807, 2.05) is 24.3 Å². The fraction of sp³-hybridized carbons (Fsp3) is 0.280. The number of aromatic nitrogens is 3. The molecule has 0 aliphatic rings. The average Bonchev–Trinajstić information content (AvgIpc) is 3.17. The molecule has 0 saturated heterocycles. The summed E-state index contributed by atoms with van der Waals surface area (Å²) in [6.45, 7) is 8.42. The van der Waals surface area contributed by atoms with Crippen molar-refractivity contribution >= 4 is 20.9 Å². The van der Waals surface area contributed by atoms with E-state index in [1.54, 1.807) is 30.3 Å². The van der Waals surface area contributed by atoms with Gasteiger partial charge in [0, 0.05) is 0 Å². The van der Waals surface area contributed by atoms with Crippen molar-refractivity contribution in [2.45, 2.75) is 49.3 Å². The fourth-order valence-electron chi connectivity index (χ4n) is 4.17. The van der Waals surface area contributed by atoms with Gasteiger partial charge in [-0.1, -0.05) is 58.0 Å². The minimum atomic E-state index is -3.96. The smallest absolute Gasteiger partial charge is 0.210 e. The summed E-state index contributed by atoms with van der Waals surface area (Å²) in [7, 11) is -3.96. The van der Waals surface area contributed by atoms with Gasteiger partial charge >= 0.3 is 0 Å². The number of rotatable bonds is 6. The highest BCUT2D eigenvalue weighted by Gasteiger charge is 2.30. The summed E-state index contributed by atoms with van der Waals surface area (Å²) in [5, 5.41) is 20.1. The first-order valence-corrected chi connectivity index (χ1v) is 12.1. The second-order valence-electron chi connectivity index (χ2n) is 9.12. The van der Waals surface area contributed by atoms with Crippen molar-refractivity contribution in [2.24, 2.45) is 5.92 Å². The number of phenolic OH excluding ortho intramolecular Hbond substituents is 1. The van der Waals surface area contributed by atoms with Crippen LogP contribution in [0.5, 0.6) is 5.75 Å². The van der Waals surface area contributed by atoms with Crippen LogP contribution in [-0.2, 0) is 15.3 Å². The van der Waals surface area contributed by atoms with E-state index < -0.39 is 9.84 Å². The number of sulfone groups is 1. The first-order chi connectivity index (χ1) is 15.1. The standard InChI is InChI=1S/C25H27N3O3S/c1-17(2)16-25(3,4)18-14-22(28-26-20-12-8-9-13-21(20)27-28)24(29)23(15-18)32(30,31)19-10-6-5-7-11-19/h5-15,17,29H,16H2,1-4H3. The first kappa shape index (κ1) is 22.0. The number of hydrogen-bond donors (Lipinski definition) is 1. The van der Waals surface area contributed by atoms with Gasteiger partial charge < -0.3 is 5.11 Å². The zero-order valence-corrected chi connectivity index (χ0v) is 19.5. The molecule has 0 aliphatic heterocycles. The molecule has 0 atom stereocenters. The Kier molecular flexibility index (Phi) is 5.54. The zero-order valence-electron chi connectivity index (χ0n) is 18.6. The Morgan fingerprint density at radius 2 is 1.50 bits per heavy atom. The van der Waals surface area contributed by atoms with Crippen LogP contribution in [0.15, 0.2) is 76.5 Å². The van der Waals surface area contributed by atoms with E-state index in [4.69, 9.17) is 0 Å². The summed E-state index contributed by atoms with van der Waals surface area (Å²) in [6.07, 6.45) is 0.844. The maximum absolute atomic E-state index is 13.5. The normalized spacial score (nSPS) is 12.5. The summed E-state index contributed by atoms with van der Waals surface area (Å²) in [5.74, 6) is 0.0418. The average molecular weight is 450 g/mol. The van der Waals surface area contributed by atoms with Crippen LogP contribution < -0.4 is 0 Å². The summed E-state index contributed by atoms with van der Waals surface area (Å²) in [6, 6.07) is 18.9. The fourth-order valence-corrected chi connectivity index (χ4v) is 5.58. The van der Waals surface area contributed by atoms with Gasteiger partial charge in [0.25, 0.3) is 0 Å². The van der Waals surface area contributed by atoms with E-state index in [-0.39, 0.29) is 26.6 Å². The molecule has 3 aromatic carbocycles. The van der Waals surface area contributed by atoms with Crippen LogP contribution in [0.2, 0.25) is 0 Å². The molecule has 0 aliphatic carbocycles. The molecular weight excluding hydrogens is 422 g/mol. The van der Waals surface area contributed by atoms with Crippen LogP contribution in [0, 0.1) is 5.92 Å². The molecule has 32 heavy (non-hydrogen) atoms. The number of aromatic hydroxyl groups is 1. The Labute approximate surface area is 188 Å². The summed E-state index contributed by atoms with van der Waals surface area (Å²) < 4.78 is 27.0. The molecule has 0 fully saturated rings. The first-order valence-electron chi connectivity index (χ1n) is 10.6. The van der Waals surface area contributed by atoms with Crippen LogP contribution in [0.4, 0.5) is 0 Å². The van der Waals surface area contributed by atoms with E-state index in [0.717, 1.165) is 12.0 Å². The zero-order chi connectivity index (χ0) is 23.1. The molecule has 7 heteroatoms. The second kappa shape index (κ2) is 8.06. The number of fused-ring (bicyclic) bond motifs is 1. The van der Waals surface area contributed by atoms with Gasteiger partial charge in [0.15, 0.2) is 5.75 Å². The third kappa shape index (κ3) is 4.00. The molecule has 0 spiro atoms. The Balaban J connectivity index is 1.99. The Morgan fingerprint density at radius 1 is 0.938 bits per heavy atom. The monoisotopic (exact) mass is 449 g/mol. The Morgan fingerprint density at radius 3 is 2.06 bits per heavy atom. The van der Waals surface area contributed by atoms with Crippen LogP contribution >= 0.6 is 0 Å². The SMILES string of the molecule is CC(C)CC(C)(C)c1cc(-n2nc3ccccc3n2)c(O)c(S(=O)(=O)c2ccccc2)c1. The third-order valence-corrected chi connectivity index (χ3v) is 7.38. The lowest BCUT2D eigenvalue weighted by Crippen LogP contribution is -2.21. The number of nitrogens with zero attached hydrogens (tertiary/aromatic N) is 3. The second-order valence-corrected chi connectivity index (χ2v) is 11.0. The maximum Gasteiger partial charge on any atom is 0.210 e. The number of hydrogen-bond acceptors (Lipinski definition) is 5. The van der Waals surface area contributed by atoms with Crippen LogP contribution in [-0.4, -0.2) is 28.5 Å². The van der Waals surface area contributed by atoms with Crippen LogP contribution in [0.3, 0.4) is 0 Å². The Hall–Kier alpha value is -3.19. The minimum Gasteiger partial charge on any atom is -0.504 e. The van der Waals surface area contributed by atoms with Crippen molar-refractivity contribution in [2.75, 3.05) is 0 Å². The van der Waals surface area contributed by atoms with E-state index >= 15 is 0 Å². The lowest BCUT2D eigenvalue weighted by molar-refractivity contribution is 0.396. The predicted molar refractivity (Wildman–Crippen MR) is 125 cm³/mol. The van der Waals surface area contributed by atoms with Crippen molar-refractivity contribution in [1.82, 2.24) is 15.0 Å². The molecule has 166 valence electrons. The molecule has 0 bridgehead atoms. The largest absolute Gasteiger partial charge is 0.504 e. The Bertz CT molecular complexity index is 1340. The molecule has 1 aromatic heterocycles. The molecule has 1 heterocycles. The molecule has 0 radical (unpaired) electrons. The highest BCUT2D eigenvalue weighted by molar-refractivity contribution is 7.91. The molecule has 0 amide bonds. The lowest BCUT2D eigenvalue weighted by atomic mass is 9.78. The van der Waals surface area contributed by atoms with Gasteiger partial charge in [0.05, 0.1) is 4.90 Å². The van der Waals surface area contributed by atoms with Crippen molar-refractivity contribution in [3.8, 4) is 11.4 Å². The summed E-state index contributed by atoms with van der Waals surface area (Å²) in [4.78, 5) is 1.30. The van der Waals surface area contributed by atoms with Gasteiger partial charge in [-0.15, -0.1) is 15.0 Å². The predicted octanol–water partition coefficient (Wildman–Crippen LogP) is 5.28. The van der Waals surface area contributed by atoms with Gasteiger partial charge in [0.2, 0.25) is 9.84 Å². The van der Waals surface area contributed by atoms with Gasteiger partial charge in [-0.2, -0.15) is 0 Å². The van der Waals surface area contributed by atoms with E-state index in [2.05, 4.69) is 37.9 Å². The van der Waals surface area contributed by atoms with Crippen molar-refractivity contribution in [3.63, 3.8) is 0 Å². The van der Waals surface area contributed by atoms with Crippen LogP contribution in [0.1, 0.15) is 39.7 Å². The van der Waals surface area contributed by atoms with Crippen molar-refractivity contribution in [3.05, 3.63) is 72.3 Å². The molecule has 6 nitrogen and oxygen atoms in total. The van der Waals surface area contributed by atoms with Gasteiger partial charge in [-0.25, -0.2) is 8.42 Å². The molecule has 0 unspecified atom stereocenters. The lowest BCUT2D eigenvalue weighted by Gasteiger charge is -2.28. The highest BCUT2D eigenvalue weighted by atomic mass is 32.2. The van der Waals surface area contributed by atoms with Crippen molar-refractivity contribution in [1.29, 1.82) is 0 Å². The number of phenols is 1. The quantitative estimate of drug-likeness (QED) is 0.433. The van der Waals surface area contributed by atoms with Crippen LogP contribution in [0.25, 0.3) is 16.7 Å². The molecule has 4 rings (SSSR count). The summed E-state index contributed by atoms with van der Waals surface area (Å²) in [5.41, 5.74) is 2.03. The highest BCUT2D eigenvalue weighted by Crippen LogP contribution is 2.40. The van der Waals surface area contributed by atoms with Gasteiger partial charge in [-0.3, -0.25) is 0 Å². The minimum absolute atomic E-state index is 0.124.